The molecule has 0 aromatic rings. The summed E-state index contributed by atoms with van der Waals surface area (Å²) in [6.07, 6.45) is 9.45. The molecular formula is C28H38O5. The highest BCUT2D eigenvalue weighted by Crippen LogP contribution is 2.70. The molecule has 2 saturated carbocycles. The third kappa shape index (κ3) is 2.97. The highest BCUT2D eigenvalue weighted by Gasteiger charge is 2.77. The fourth-order valence-electron chi connectivity index (χ4n) is 8.25. The van der Waals surface area contributed by atoms with Gasteiger partial charge in [-0.3, -0.25) is 9.59 Å². The Morgan fingerprint density at radius 1 is 1.24 bits per heavy atom. The van der Waals surface area contributed by atoms with Crippen LogP contribution >= 0.6 is 0 Å². The minimum absolute atomic E-state index is 0.0442. The van der Waals surface area contributed by atoms with E-state index in [0.29, 0.717) is 12.3 Å². The molecule has 0 radical (unpaired) electrons. The van der Waals surface area contributed by atoms with Crippen LogP contribution in [0.4, 0.5) is 0 Å². The van der Waals surface area contributed by atoms with E-state index in [4.69, 9.17) is 4.74 Å². The molecule has 5 rings (SSSR count). The maximum absolute atomic E-state index is 12.4. The van der Waals surface area contributed by atoms with Gasteiger partial charge in [-0.05, 0) is 73.7 Å². The van der Waals surface area contributed by atoms with Crippen LogP contribution in [-0.4, -0.2) is 39.8 Å². The summed E-state index contributed by atoms with van der Waals surface area (Å²) < 4.78 is 5.95. The first-order valence-electron chi connectivity index (χ1n) is 12.7. The van der Waals surface area contributed by atoms with Gasteiger partial charge in [0, 0.05) is 5.41 Å². The van der Waals surface area contributed by atoms with Crippen molar-refractivity contribution in [3.8, 4) is 0 Å². The standard InChI is InChI=1S/C28H38O5/c1-15(2)16(3)6-7-17(25(31)32)19-8-9-20-18-14-23(30)28-24(33-28)22(29)11-13-27(28,5)21(18)10-12-26(19,20)4/h11,13-15,17,19-21,23-24,30H,3,6-10,12H2,1-2,4-5H3,(H,31,32)/t17-,19-,20+,21+,23-,24-,26-,27-,28-/m1/s1. The number of fused-ring (bicyclic) bond motifs is 4. The predicted octanol–water partition coefficient (Wildman–Crippen LogP) is 4.71. The lowest BCUT2D eigenvalue weighted by atomic mass is 9.48. The number of allylic oxidation sites excluding steroid dienone is 2. The molecule has 180 valence electrons. The second-order valence-electron chi connectivity index (χ2n) is 12.1. The van der Waals surface area contributed by atoms with Crippen molar-refractivity contribution >= 4 is 11.8 Å². The fraction of sp³-hybridized carbons (Fsp3) is 0.714. The Morgan fingerprint density at radius 2 is 1.97 bits per heavy atom. The van der Waals surface area contributed by atoms with E-state index in [0.717, 1.165) is 37.7 Å². The van der Waals surface area contributed by atoms with E-state index in [1.165, 1.54) is 5.57 Å². The van der Waals surface area contributed by atoms with Crippen LogP contribution in [0.1, 0.15) is 66.2 Å². The van der Waals surface area contributed by atoms with Gasteiger partial charge in [0.15, 0.2) is 11.9 Å². The average Bonchev–Trinajstić information content (AvgIpc) is 3.44. The number of aliphatic hydroxyl groups excluding tert-OH is 1. The summed E-state index contributed by atoms with van der Waals surface area (Å²) in [4.78, 5) is 24.7. The Kier molecular flexibility index (Phi) is 5.16. The van der Waals surface area contributed by atoms with Crippen LogP contribution in [-0.2, 0) is 14.3 Å². The number of aliphatic hydroxyl groups is 1. The third-order valence-electron chi connectivity index (χ3n) is 10.4. The van der Waals surface area contributed by atoms with Crippen molar-refractivity contribution in [2.24, 2.45) is 40.4 Å². The minimum atomic E-state index is -0.820. The van der Waals surface area contributed by atoms with Crippen LogP contribution in [0.2, 0.25) is 0 Å². The van der Waals surface area contributed by atoms with Crippen molar-refractivity contribution in [2.75, 3.05) is 0 Å². The van der Waals surface area contributed by atoms with E-state index in [2.05, 4.69) is 34.3 Å². The molecule has 5 aliphatic rings. The SMILES string of the molecule is C=C(CC[C@@H](C(=O)O)[C@H]1CC[C@H]2C3=C[C@@H](O)[C@@]45O[C@@H]4C(=O)C=C[C@]5(C)[C@H]3CC[C@]12C)C(C)C. The largest absolute Gasteiger partial charge is 0.481 e. The smallest absolute Gasteiger partial charge is 0.306 e. The van der Waals surface area contributed by atoms with Gasteiger partial charge in [0.1, 0.15) is 11.7 Å². The van der Waals surface area contributed by atoms with Gasteiger partial charge in [-0.2, -0.15) is 0 Å². The number of ether oxygens (including phenoxy) is 1. The van der Waals surface area contributed by atoms with Gasteiger partial charge in [0.05, 0.1) is 5.92 Å². The Hall–Kier alpha value is -1.72. The van der Waals surface area contributed by atoms with E-state index in [1.807, 2.05) is 12.2 Å². The number of ketones is 1. The summed E-state index contributed by atoms with van der Waals surface area (Å²) in [5.41, 5.74) is 1.08. The number of hydrogen-bond donors (Lipinski definition) is 2. The maximum atomic E-state index is 12.4. The molecule has 3 fully saturated rings. The Labute approximate surface area is 197 Å². The monoisotopic (exact) mass is 454 g/mol. The maximum Gasteiger partial charge on any atom is 0.306 e. The summed E-state index contributed by atoms with van der Waals surface area (Å²) in [6, 6.07) is 0. The van der Waals surface area contributed by atoms with Crippen molar-refractivity contribution < 1.29 is 24.5 Å². The van der Waals surface area contributed by atoms with Crippen molar-refractivity contribution in [1.29, 1.82) is 0 Å². The fourth-order valence-corrected chi connectivity index (χ4v) is 8.25. The van der Waals surface area contributed by atoms with Crippen LogP contribution < -0.4 is 0 Å². The second-order valence-corrected chi connectivity index (χ2v) is 12.1. The molecule has 0 bridgehead atoms. The molecule has 4 aliphatic carbocycles. The van der Waals surface area contributed by atoms with Crippen LogP contribution in [0, 0.1) is 40.4 Å². The summed E-state index contributed by atoms with van der Waals surface area (Å²) in [6.45, 7) is 12.8. The molecule has 0 aromatic carbocycles. The van der Waals surface area contributed by atoms with Crippen molar-refractivity contribution in [3.63, 3.8) is 0 Å². The number of carbonyl (C=O) groups is 2. The lowest BCUT2D eigenvalue weighted by Gasteiger charge is -2.55. The number of rotatable bonds is 6. The number of aliphatic carboxylic acids is 1. The highest BCUT2D eigenvalue weighted by atomic mass is 16.6. The minimum Gasteiger partial charge on any atom is -0.481 e. The van der Waals surface area contributed by atoms with Crippen molar-refractivity contribution in [2.45, 2.75) is 84.0 Å². The van der Waals surface area contributed by atoms with E-state index in [9.17, 15) is 19.8 Å². The van der Waals surface area contributed by atoms with Gasteiger partial charge in [0.25, 0.3) is 0 Å². The van der Waals surface area contributed by atoms with Crippen LogP contribution in [0.3, 0.4) is 0 Å². The van der Waals surface area contributed by atoms with Crippen LogP contribution in [0.25, 0.3) is 0 Å². The summed E-state index contributed by atoms with van der Waals surface area (Å²) >= 11 is 0. The van der Waals surface area contributed by atoms with Gasteiger partial charge in [-0.15, -0.1) is 0 Å². The zero-order valence-electron chi connectivity index (χ0n) is 20.3. The van der Waals surface area contributed by atoms with Gasteiger partial charge < -0.3 is 14.9 Å². The number of carboxylic acids is 1. The van der Waals surface area contributed by atoms with E-state index in [-0.39, 0.29) is 34.9 Å². The molecule has 33 heavy (non-hydrogen) atoms. The molecule has 5 heteroatoms. The molecule has 0 aromatic heterocycles. The first-order valence-corrected chi connectivity index (χ1v) is 12.7. The Bertz CT molecular complexity index is 961. The molecule has 5 nitrogen and oxygen atoms in total. The quantitative estimate of drug-likeness (QED) is 0.448. The number of carbonyl (C=O) groups excluding carboxylic acids is 1. The molecule has 1 spiro atoms. The molecule has 1 saturated heterocycles. The van der Waals surface area contributed by atoms with Gasteiger partial charge >= 0.3 is 5.97 Å². The molecule has 1 aliphatic heterocycles. The molecule has 1 heterocycles. The van der Waals surface area contributed by atoms with Crippen molar-refractivity contribution in [1.82, 2.24) is 0 Å². The first-order chi connectivity index (χ1) is 15.5. The van der Waals surface area contributed by atoms with Crippen LogP contribution in [0.5, 0.6) is 0 Å². The van der Waals surface area contributed by atoms with Gasteiger partial charge in [-0.25, -0.2) is 0 Å². The normalized spacial score (nSPS) is 46.1. The Balaban J connectivity index is 1.44. The second kappa shape index (κ2) is 7.39. The lowest BCUT2D eigenvalue weighted by Crippen LogP contribution is -2.58. The molecular weight excluding hydrogens is 416 g/mol. The third-order valence-corrected chi connectivity index (χ3v) is 10.4. The zero-order chi connectivity index (χ0) is 23.9. The number of hydrogen-bond acceptors (Lipinski definition) is 4. The molecule has 0 unspecified atom stereocenters. The highest BCUT2D eigenvalue weighted by molar-refractivity contribution is 5.98. The zero-order valence-corrected chi connectivity index (χ0v) is 20.3. The van der Waals surface area contributed by atoms with Gasteiger partial charge in [-0.1, -0.05) is 57.6 Å². The number of epoxide rings is 1. The predicted molar refractivity (Wildman–Crippen MR) is 125 cm³/mol. The van der Waals surface area contributed by atoms with E-state index < -0.39 is 29.2 Å². The lowest BCUT2D eigenvalue weighted by molar-refractivity contribution is -0.146. The van der Waals surface area contributed by atoms with Crippen LogP contribution in [0.15, 0.2) is 36.0 Å². The molecule has 2 N–H and O–H groups in total. The molecule has 0 amide bonds. The van der Waals surface area contributed by atoms with Crippen molar-refractivity contribution in [3.05, 3.63) is 36.0 Å². The summed E-state index contributed by atoms with van der Waals surface area (Å²) in [5.74, 6) is -0.126. The van der Waals surface area contributed by atoms with E-state index in [1.54, 1.807) is 6.08 Å². The number of carboxylic acid groups (broad SMARTS) is 1. The summed E-state index contributed by atoms with van der Waals surface area (Å²) in [5, 5.41) is 21.4. The van der Waals surface area contributed by atoms with Gasteiger partial charge in [0.2, 0.25) is 0 Å². The average molecular weight is 455 g/mol. The van der Waals surface area contributed by atoms with E-state index >= 15 is 0 Å². The Morgan fingerprint density at radius 3 is 2.64 bits per heavy atom. The topological polar surface area (TPSA) is 87.1 Å². The first kappa shape index (κ1) is 23.0. The molecule has 9 atom stereocenters. The summed E-state index contributed by atoms with van der Waals surface area (Å²) in [7, 11) is 0.